The van der Waals surface area contributed by atoms with Gasteiger partial charge in [-0.05, 0) is 133 Å². The van der Waals surface area contributed by atoms with E-state index in [1.54, 1.807) is 24.4 Å². The van der Waals surface area contributed by atoms with Gasteiger partial charge in [-0.2, -0.15) is 127 Å². The van der Waals surface area contributed by atoms with E-state index in [0.29, 0.717) is 11.2 Å². The van der Waals surface area contributed by atoms with Crippen molar-refractivity contribution >= 4 is 64.1 Å². The monoisotopic (exact) mass is 1990 g/mol. The molecule has 0 amide bonds. The van der Waals surface area contributed by atoms with Gasteiger partial charge in [-0.3, -0.25) is 4.52 Å². The number of carbonyl (C=O) groups excluding carboxylic acids is 1. The molecule has 6 atom stereocenters. The molecular formula is C88H84BF24IrNO9P-. The van der Waals surface area contributed by atoms with Gasteiger partial charge >= 0.3 is 63.6 Å². The molecule has 0 spiro atoms. The van der Waals surface area contributed by atoms with Gasteiger partial charge in [0, 0.05) is 60.9 Å². The van der Waals surface area contributed by atoms with Crippen LogP contribution in [0.2, 0.25) is 0 Å². The number of esters is 1. The molecule has 7 aromatic carbocycles. The molecule has 125 heavy (non-hydrogen) atoms. The molecule has 0 bridgehead atoms. The summed E-state index contributed by atoms with van der Waals surface area (Å²) in [4.78, 5) is 18.2. The van der Waals surface area contributed by atoms with Crippen LogP contribution in [0.3, 0.4) is 0 Å². The summed E-state index contributed by atoms with van der Waals surface area (Å²) in [6, 6.07) is 14.9. The first kappa shape index (κ1) is 101. The maximum atomic E-state index is 14.2. The SMILES string of the molecule is CO[C@H]1O[C@@H]2CO[C@@H](c3ccccc3)O[C@H]2[C@H](OC(=O)c2ccccn2)[C@H]1Op1oc2c(C(C)(C)C)cc(C(C)(C)C)cc2c2cc(C(C)(C)C)cc(C(C)(C)C)c2o1.FC(F)(F)c1cc([B-](c2cc(C(F)(F)F)cc(C(F)(F)F)c2)(c2cc(C(F)(F)F)cc(C(F)(F)F)c2)c2cc(C(F)(F)F)cc(C(F)(F)F)c2)cc(C(F)(F)F)c1.[CH]1[CH]CC[CH][CH]CC1.[Ir]. The molecule has 5 radical (unpaired) electrons. The number of methoxy groups -OCH3 is 1. The molecule has 3 fully saturated rings. The van der Waals surface area contributed by atoms with Crippen molar-refractivity contribution in [1.82, 2.24) is 4.98 Å². The van der Waals surface area contributed by atoms with E-state index >= 15 is 0 Å². The Bertz CT molecular complexity index is 4760. The van der Waals surface area contributed by atoms with Crippen molar-refractivity contribution in [1.29, 1.82) is 0 Å². The first-order valence-corrected chi connectivity index (χ1v) is 39.5. The minimum Gasteiger partial charge on any atom is -0.452 e. The number of rotatable bonds is 10. The van der Waals surface area contributed by atoms with E-state index in [4.69, 9.17) is 36.6 Å². The Morgan fingerprint density at radius 2 is 0.728 bits per heavy atom. The number of aromatic nitrogens is 1. The maximum absolute atomic E-state index is 14.2. The molecule has 10 nitrogen and oxygen atoms in total. The molecule has 4 heterocycles. The van der Waals surface area contributed by atoms with Gasteiger partial charge in [0.2, 0.25) is 0 Å². The fraction of sp³-hybridized carbons (Fsp3) is 0.409. The summed E-state index contributed by atoms with van der Waals surface area (Å²) in [6.07, 6.45) is -44.6. The Morgan fingerprint density at radius 1 is 0.400 bits per heavy atom. The fourth-order valence-electron chi connectivity index (χ4n) is 14.5. The molecule has 9 aromatic rings. The van der Waals surface area contributed by atoms with E-state index in [1.807, 2.05) is 30.3 Å². The number of benzene rings is 7. The van der Waals surface area contributed by atoms with Gasteiger partial charge in [0.1, 0.15) is 35.2 Å². The van der Waals surface area contributed by atoms with Gasteiger partial charge < -0.3 is 32.1 Å². The van der Waals surface area contributed by atoms with E-state index in [0.717, 1.165) is 27.5 Å². The summed E-state index contributed by atoms with van der Waals surface area (Å²) >= 11 is 0. The van der Waals surface area contributed by atoms with Crippen molar-refractivity contribution in [3.8, 4) is 0 Å². The van der Waals surface area contributed by atoms with Crippen LogP contribution in [-0.4, -0.2) is 61.5 Å². The number of pyridine rings is 1. The maximum Gasteiger partial charge on any atom is 0.416 e. The van der Waals surface area contributed by atoms with E-state index in [2.05, 4.69) is 138 Å². The molecule has 2 aliphatic heterocycles. The molecule has 0 unspecified atom stereocenters. The van der Waals surface area contributed by atoms with Gasteiger partial charge in [0.25, 0.3) is 0 Å². The number of hydrogen-bond acceptors (Lipinski definition) is 10. The van der Waals surface area contributed by atoms with E-state index in [-0.39, 0.29) is 54.1 Å². The summed E-state index contributed by atoms with van der Waals surface area (Å²) in [7, 11) is -0.740. The molecule has 1 aliphatic carbocycles. The molecule has 37 heteroatoms. The zero-order valence-corrected chi connectivity index (χ0v) is 72.1. The van der Waals surface area contributed by atoms with Crippen LogP contribution in [0.15, 0.2) is 160 Å². The number of ether oxygens (including phenoxy) is 5. The predicted molar refractivity (Wildman–Crippen MR) is 416 cm³/mol. The summed E-state index contributed by atoms with van der Waals surface area (Å²) in [5.41, 5.74) is -24.5. The zero-order chi connectivity index (χ0) is 92.2. The van der Waals surface area contributed by atoms with Crippen molar-refractivity contribution in [2.45, 2.75) is 217 Å². The summed E-state index contributed by atoms with van der Waals surface area (Å²) in [5.74, 6) is -0.647. The third-order valence-corrected chi connectivity index (χ3v) is 21.9. The minimum atomic E-state index is -6.13. The largest absolute Gasteiger partial charge is 0.452 e. The number of alkyl halides is 24. The fourth-order valence-corrected chi connectivity index (χ4v) is 15.7. The number of hydrogen-bond donors (Lipinski definition) is 0. The van der Waals surface area contributed by atoms with Crippen LogP contribution in [0.1, 0.15) is 198 Å². The minimum absolute atomic E-state index is 0. The molecule has 1 saturated carbocycles. The quantitative estimate of drug-likeness (QED) is 0.0745. The second-order valence-corrected chi connectivity index (χ2v) is 35.2. The van der Waals surface area contributed by atoms with Crippen LogP contribution in [0.5, 0.6) is 0 Å². The summed E-state index contributed by atoms with van der Waals surface area (Å²) in [6.45, 7) is 26.7. The Morgan fingerprint density at radius 3 is 1.02 bits per heavy atom. The smallest absolute Gasteiger partial charge is 0.416 e. The van der Waals surface area contributed by atoms with Crippen LogP contribution >= 0.6 is 8.24 Å². The number of carbonyl (C=O) groups is 1. The van der Waals surface area contributed by atoms with Gasteiger partial charge in [-0.1, -0.05) is 180 Å². The van der Waals surface area contributed by atoms with Crippen LogP contribution in [-0.2, 0) is 115 Å². The van der Waals surface area contributed by atoms with Crippen LogP contribution in [0, 0.1) is 25.7 Å². The Balaban J connectivity index is 0.000000257. The van der Waals surface area contributed by atoms with Crippen molar-refractivity contribution in [3.05, 3.63) is 255 Å². The van der Waals surface area contributed by atoms with Gasteiger partial charge in [-0.15, -0.1) is 0 Å². The molecule has 0 N–H and O–H groups in total. The summed E-state index contributed by atoms with van der Waals surface area (Å²) < 4.78 is 394. The Labute approximate surface area is 718 Å². The number of fused-ring (bicyclic) bond motifs is 4. The number of halogens is 24. The van der Waals surface area contributed by atoms with Crippen molar-refractivity contribution in [2.75, 3.05) is 13.7 Å². The third-order valence-electron chi connectivity index (χ3n) is 20.8. The van der Waals surface area contributed by atoms with Gasteiger partial charge in [0.15, 0.2) is 24.8 Å². The standard InChI is InChI=1S/C48H60NO9P.C32H12BF24.C8H12.Ir/c1-45(2,3)29-23-31-32-24-30(46(4,5)6)26-34(48(10,11)12)38(32)57-59(56-37(31)33(25-29)47(7,8)9)58-41-40(54-42(50)35-21-17-18-22-49-35)39-36(53-44(41)51-13)27-52-43(55-39)28-19-15-14-16-20-28;34-25(35,36)13-1-14(26(37,38)39)6-21(5-13)33(22-7-15(27(40,41)42)2-16(8-22)28(43,44)45,23-9-17(29(46,47)48)3-18(10-23)30(49,50)51)24-11-19(31(52,53)54)4-20(12-24)32(55,56)57;1-2-4-6-8-7-5-3-1;/h14-26,36,39-41,43-44H,27H2,1-13H3;1-12H;1-2,7-8H,3-6H2;/q;-1;;/t36-,39-,40+,41-,43-,44+;;;/m1.../s1. The van der Waals surface area contributed by atoms with E-state index in [9.17, 15) is 110 Å². The Hall–Kier alpha value is -8.11. The van der Waals surface area contributed by atoms with Gasteiger partial charge in [0.05, 0.1) is 51.1 Å². The van der Waals surface area contributed by atoms with Crippen molar-refractivity contribution < 1.29 is 167 Å². The second kappa shape index (κ2) is 37.2. The summed E-state index contributed by atoms with van der Waals surface area (Å²) in [5, 5.41) is 1.87. The zero-order valence-electron chi connectivity index (χ0n) is 68.8. The molecule has 2 saturated heterocycles. The van der Waals surface area contributed by atoms with Crippen LogP contribution in [0.4, 0.5) is 105 Å². The topological polar surface area (TPSA) is 112 Å². The molecule has 12 rings (SSSR count). The predicted octanol–water partition coefficient (Wildman–Crippen LogP) is 25.0. The van der Waals surface area contributed by atoms with Crippen molar-refractivity contribution in [3.63, 3.8) is 0 Å². The Kier molecular flexibility index (Phi) is 29.9. The van der Waals surface area contributed by atoms with E-state index in [1.165, 1.54) is 43.9 Å². The van der Waals surface area contributed by atoms with Gasteiger partial charge in [-0.25, -0.2) is 9.78 Å². The van der Waals surface area contributed by atoms with Crippen LogP contribution < -0.4 is 26.4 Å². The average molecular weight is 1990 g/mol. The molecule has 681 valence electrons. The molecule has 3 aliphatic rings. The van der Waals surface area contributed by atoms with Crippen molar-refractivity contribution in [2.24, 2.45) is 0 Å². The third kappa shape index (κ3) is 23.9. The second-order valence-electron chi connectivity index (χ2n) is 34.1. The van der Waals surface area contributed by atoms with E-state index < -0.39 is 246 Å². The molecule has 2 aromatic heterocycles. The average Bonchev–Trinajstić information content (AvgIpc) is 1.52. The number of nitrogens with zero attached hydrogens (tertiary/aromatic N) is 1. The van der Waals surface area contributed by atoms with Crippen LogP contribution in [0.25, 0.3) is 21.9 Å². The first-order valence-electron chi connectivity index (χ1n) is 38.4. The normalized spacial score (nSPS) is 18.9. The first-order chi connectivity index (χ1) is 56.9. The molecular weight excluding hydrogens is 1900 g/mol.